The zero-order valence-electron chi connectivity index (χ0n) is 15.6. The van der Waals surface area contributed by atoms with E-state index in [1.807, 2.05) is 28.7 Å². The Hall–Kier alpha value is -2.81. The number of hydrogen-bond donors (Lipinski definition) is 1. The summed E-state index contributed by atoms with van der Waals surface area (Å²) in [5.74, 6) is -0.395. The number of rotatable bonds is 7. The number of pyridine rings is 1. The Balaban J connectivity index is 1.95. The molecule has 5 nitrogen and oxygen atoms in total. The molecule has 0 bridgehead atoms. The number of nitrogens with zero attached hydrogens (tertiary/aromatic N) is 1. The molecule has 0 saturated heterocycles. The largest absolute Gasteiger partial charge is 0.455 e. The van der Waals surface area contributed by atoms with Crippen molar-refractivity contribution >= 4 is 34.3 Å². The van der Waals surface area contributed by atoms with Crippen LogP contribution in [0.1, 0.15) is 34.0 Å². The van der Waals surface area contributed by atoms with Gasteiger partial charge in [0.05, 0.1) is 11.8 Å². The Morgan fingerprint density at radius 2 is 1.93 bits per heavy atom. The van der Waals surface area contributed by atoms with Crippen LogP contribution in [0.2, 0.25) is 0 Å². The van der Waals surface area contributed by atoms with Crippen molar-refractivity contribution in [1.82, 2.24) is 4.98 Å². The smallest absolute Gasteiger partial charge is 0.252 e. The van der Waals surface area contributed by atoms with E-state index < -0.39 is 5.91 Å². The van der Waals surface area contributed by atoms with E-state index in [0.717, 1.165) is 9.13 Å². The molecule has 1 amide bonds. The number of halogens is 2. The number of aromatic nitrogens is 1. The Morgan fingerprint density at radius 1 is 1.14 bits per heavy atom. The molecule has 0 fully saturated rings. The summed E-state index contributed by atoms with van der Waals surface area (Å²) in [5, 5.41) is 0. The first kappa shape index (κ1) is 20.9. The van der Waals surface area contributed by atoms with Gasteiger partial charge in [0.25, 0.3) is 5.91 Å². The fourth-order valence-electron chi connectivity index (χ4n) is 2.98. The molecule has 0 spiro atoms. The van der Waals surface area contributed by atoms with Crippen molar-refractivity contribution < 1.29 is 18.7 Å². The van der Waals surface area contributed by atoms with Gasteiger partial charge >= 0.3 is 0 Å². The zero-order chi connectivity index (χ0) is 21.0. The maximum absolute atomic E-state index is 14.3. The fourth-order valence-corrected chi connectivity index (χ4v) is 3.43. The molecule has 0 unspecified atom stereocenters. The van der Waals surface area contributed by atoms with Gasteiger partial charge in [-0.05, 0) is 70.5 Å². The van der Waals surface area contributed by atoms with Crippen molar-refractivity contribution in [2.45, 2.75) is 19.8 Å². The van der Waals surface area contributed by atoms with Crippen LogP contribution in [-0.2, 0) is 17.6 Å². The van der Waals surface area contributed by atoms with Crippen LogP contribution < -0.4 is 10.5 Å². The van der Waals surface area contributed by atoms with Gasteiger partial charge < -0.3 is 10.5 Å². The number of carbonyl (C=O) groups excluding carboxylic acids is 2. The normalized spacial score (nSPS) is 10.6. The number of hydrogen-bond acceptors (Lipinski definition) is 4. The number of benzene rings is 2. The van der Waals surface area contributed by atoms with E-state index >= 15 is 0 Å². The average molecular weight is 504 g/mol. The monoisotopic (exact) mass is 504 g/mol. The summed E-state index contributed by atoms with van der Waals surface area (Å²) in [6.45, 7) is 1.51. The molecule has 0 saturated carbocycles. The zero-order valence-corrected chi connectivity index (χ0v) is 17.8. The molecular formula is C22H18FIN2O3. The second kappa shape index (κ2) is 9.13. The summed E-state index contributed by atoms with van der Waals surface area (Å²) in [5.41, 5.74) is 7.43. The number of ether oxygens (including phenoxy) is 1. The molecule has 1 aromatic heterocycles. The molecule has 2 aromatic carbocycles. The van der Waals surface area contributed by atoms with Crippen LogP contribution in [-0.4, -0.2) is 16.7 Å². The van der Waals surface area contributed by atoms with Crippen molar-refractivity contribution in [2.75, 3.05) is 0 Å². The van der Waals surface area contributed by atoms with Gasteiger partial charge in [-0.15, -0.1) is 0 Å². The quantitative estimate of drug-likeness (QED) is 0.483. The van der Waals surface area contributed by atoms with Crippen molar-refractivity contribution in [3.8, 4) is 11.5 Å². The summed E-state index contributed by atoms with van der Waals surface area (Å²) in [6, 6.07) is 11.9. The predicted molar refractivity (Wildman–Crippen MR) is 116 cm³/mol. The Bertz CT molecular complexity index is 1090. The van der Waals surface area contributed by atoms with Crippen LogP contribution in [0.5, 0.6) is 11.5 Å². The standard InChI is InChI=1S/C22H18FIN2O3/c1-13(27)7-14-3-2-4-18(8-14)29-20-12-26-11-16(21(20)22(25)28)9-15-5-6-17(24)10-19(15)23/h2-6,8,10-12H,7,9H2,1H3,(H2,25,28). The summed E-state index contributed by atoms with van der Waals surface area (Å²) >= 11 is 2.03. The lowest BCUT2D eigenvalue weighted by Crippen LogP contribution is -2.16. The van der Waals surface area contributed by atoms with E-state index in [-0.39, 0.29) is 35.8 Å². The molecule has 0 radical (unpaired) electrons. The van der Waals surface area contributed by atoms with Crippen molar-refractivity contribution in [3.05, 3.63) is 86.5 Å². The van der Waals surface area contributed by atoms with Gasteiger partial charge in [-0.25, -0.2) is 4.39 Å². The average Bonchev–Trinajstić information content (AvgIpc) is 2.63. The fraction of sp³-hybridized carbons (Fsp3) is 0.136. The molecule has 2 N–H and O–H groups in total. The molecule has 0 aliphatic carbocycles. The highest BCUT2D eigenvalue weighted by Gasteiger charge is 2.18. The minimum Gasteiger partial charge on any atom is -0.455 e. The minimum atomic E-state index is -0.691. The molecule has 0 atom stereocenters. The first-order valence-electron chi connectivity index (χ1n) is 8.80. The SMILES string of the molecule is CC(=O)Cc1cccc(Oc2cncc(Cc3ccc(I)cc3F)c2C(N)=O)c1. The van der Waals surface area contributed by atoms with Gasteiger partial charge in [0.15, 0.2) is 5.75 Å². The summed E-state index contributed by atoms with van der Waals surface area (Å²) in [6.07, 6.45) is 3.31. The number of ketones is 1. The molecule has 0 aliphatic heterocycles. The lowest BCUT2D eigenvalue weighted by molar-refractivity contribution is -0.116. The van der Waals surface area contributed by atoms with Gasteiger partial charge in [0, 0.05) is 22.6 Å². The van der Waals surface area contributed by atoms with Crippen molar-refractivity contribution in [3.63, 3.8) is 0 Å². The molecular weight excluding hydrogens is 486 g/mol. The predicted octanol–water partition coefficient (Wildman–Crippen LogP) is 4.44. The van der Waals surface area contributed by atoms with Gasteiger partial charge in [-0.1, -0.05) is 18.2 Å². The van der Waals surface area contributed by atoms with E-state index in [1.165, 1.54) is 25.4 Å². The van der Waals surface area contributed by atoms with E-state index in [0.29, 0.717) is 16.9 Å². The summed E-state index contributed by atoms with van der Waals surface area (Å²) < 4.78 is 20.9. The van der Waals surface area contributed by atoms with Gasteiger partial charge in [-0.3, -0.25) is 14.6 Å². The van der Waals surface area contributed by atoms with Gasteiger partial charge in [-0.2, -0.15) is 0 Å². The molecule has 7 heteroatoms. The lowest BCUT2D eigenvalue weighted by Gasteiger charge is -2.14. The van der Waals surface area contributed by atoms with E-state index in [2.05, 4.69) is 4.98 Å². The minimum absolute atomic E-state index is 0.0307. The third kappa shape index (κ3) is 5.38. The van der Waals surface area contributed by atoms with Crippen LogP contribution in [0.4, 0.5) is 4.39 Å². The van der Waals surface area contributed by atoms with E-state index in [1.54, 1.807) is 30.3 Å². The van der Waals surface area contributed by atoms with Crippen LogP contribution in [0.15, 0.2) is 54.9 Å². The second-order valence-electron chi connectivity index (χ2n) is 6.58. The molecule has 29 heavy (non-hydrogen) atoms. The topological polar surface area (TPSA) is 82.3 Å². The Labute approximate surface area is 181 Å². The molecule has 3 aromatic rings. The summed E-state index contributed by atoms with van der Waals surface area (Å²) in [4.78, 5) is 27.6. The van der Waals surface area contributed by atoms with Gasteiger partial charge in [0.2, 0.25) is 0 Å². The third-order valence-electron chi connectivity index (χ3n) is 4.21. The van der Waals surface area contributed by atoms with Crippen LogP contribution in [0, 0.1) is 9.39 Å². The van der Waals surface area contributed by atoms with Crippen LogP contribution in [0.3, 0.4) is 0 Å². The number of nitrogens with two attached hydrogens (primary N) is 1. The molecule has 1 heterocycles. The van der Waals surface area contributed by atoms with Crippen molar-refractivity contribution in [1.29, 1.82) is 0 Å². The lowest BCUT2D eigenvalue weighted by atomic mass is 10.0. The Kier molecular flexibility index (Phi) is 6.58. The second-order valence-corrected chi connectivity index (χ2v) is 7.82. The molecule has 3 rings (SSSR count). The number of carbonyl (C=O) groups is 2. The van der Waals surface area contributed by atoms with E-state index in [9.17, 15) is 14.0 Å². The van der Waals surface area contributed by atoms with Crippen LogP contribution in [0.25, 0.3) is 0 Å². The third-order valence-corrected chi connectivity index (χ3v) is 4.88. The van der Waals surface area contributed by atoms with E-state index in [4.69, 9.17) is 10.5 Å². The Morgan fingerprint density at radius 3 is 2.62 bits per heavy atom. The highest BCUT2D eigenvalue weighted by Crippen LogP contribution is 2.29. The van der Waals surface area contributed by atoms with Crippen molar-refractivity contribution in [2.24, 2.45) is 5.73 Å². The molecule has 148 valence electrons. The first-order chi connectivity index (χ1) is 13.8. The highest BCUT2D eigenvalue weighted by atomic mass is 127. The number of Topliss-reactive ketones (excluding diaryl/α,β-unsaturated/α-hetero) is 1. The van der Waals surface area contributed by atoms with Crippen LogP contribution >= 0.6 is 22.6 Å². The number of amides is 1. The summed E-state index contributed by atoms with van der Waals surface area (Å²) in [7, 11) is 0. The van der Waals surface area contributed by atoms with Gasteiger partial charge in [0.1, 0.15) is 17.3 Å². The first-order valence-corrected chi connectivity index (χ1v) is 9.88. The maximum atomic E-state index is 14.3. The highest BCUT2D eigenvalue weighted by molar-refractivity contribution is 14.1. The molecule has 0 aliphatic rings. The number of primary amides is 1. The maximum Gasteiger partial charge on any atom is 0.252 e.